The standard InChI is InChI=1S/C19H15Br2ClFN3O3/c1-3-29-14(27)8-26-13-7-11(20)15(16(21)17(13)25(2)19(26)24)18(28)10-6-9(23)4-5-12(10)22/h4-7,24H,3,8H2,1-2H3. The number of rotatable bonds is 5. The molecule has 0 amide bonds. The average Bonchev–Trinajstić information content (AvgIpc) is 2.88. The van der Waals surface area contributed by atoms with Crippen LogP contribution >= 0.6 is 43.5 Å². The molecule has 1 N–H and O–H groups in total. The number of esters is 1. The first-order valence-electron chi connectivity index (χ1n) is 8.44. The van der Waals surface area contributed by atoms with Crippen LogP contribution in [-0.4, -0.2) is 27.5 Å². The topological polar surface area (TPSA) is 77.1 Å². The second-order valence-corrected chi connectivity index (χ2v) is 8.20. The van der Waals surface area contributed by atoms with E-state index in [4.69, 9.17) is 21.7 Å². The minimum Gasteiger partial charge on any atom is -0.465 e. The molecular weight excluding hydrogens is 532 g/mol. The molecule has 0 fully saturated rings. The molecule has 0 aliphatic heterocycles. The van der Waals surface area contributed by atoms with Crippen LogP contribution in [0, 0.1) is 11.2 Å². The molecule has 152 valence electrons. The van der Waals surface area contributed by atoms with Gasteiger partial charge in [-0.1, -0.05) is 11.6 Å². The number of aromatic nitrogens is 2. The molecular formula is C19H15Br2ClFN3O3. The summed E-state index contributed by atoms with van der Waals surface area (Å²) in [6, 6.07) is 5.21. The third kappa shape index (κ3) is 3.91. The van der Waals surface area contributed by atoms with Crippen molar-refractivity contribution < 1.29 is 18.7 Å². The first-order valence-corrected chi connectivity index (χ1v) is 10.4. The van der Waals surface area contributed by atoms with E-state index in [1.807, 2.05) is 0 Å². The first kappa shape index (κ1) is 21.7. The number of nitrogens with one attached hydrogen (secondary N) is 1. The lowest BCUT2D eigenvalue weighted by molar-refractivity contribution is -0.143. The van der Waals surface area contributed by atoms with Crippen LogP contribution in [0.3, 0.4) is 0 Å². The molecule has 0 aliphatic rings. The number of ketones is 1. The third-order valence-electron chi connectivity index (χ3n) is 4.36. The van der Waals surface area contributed by atoms with Gasteiger partial charge in [-0.2, -0.15) is 0 Å². The predicted molar refractivity (Wildman–Crippen MR) is 114 cm³/mol. The van der Waals surface area contributed by atoms with Crippen molar-refractivity contribution in [3.05, 3.63) is 60.8 Å². The van der Waals surface area contributed by atoms with Crippen molar-refractivity contribution in [3.8, 4) is 0 Å². The molecule has 0 aliphatic carbocycles. The van der Waals surface area contributed by atoms with E-state index in [0.29, 0.717) is 20.0 Å². The van der Waals surface area contributed by atoms with Crippen LogP contribution in [0.25, 0.3) is 11.0 Å². The zero-order valence-electron chi connectivity index (χ0n) is 15.4. The molecule has 0 saturated carbocycles. The van der Waals surface area contributed by atoms with Crippen LogP contribution in [0.1, 0.15) is 22.8 Å². The molecule has 0 spiro atoms. The molecule has 0 saturated heterocycles. The molecule has 0 bridgehead atoms. The van der Waals surface area contributed by atoms with Gasteiger partial charge in [0.15, 0.2) is 5.78 Å². The van der Waals surface area contributed by atoms with Crippen LogP contribution in [0.5, 0.6) is 0 Å². The molecule has 3 rings (SSSR count). The van der Waals surface area contributed by atoms with Crippen molar-refractivity contribution in [1.29, 1.82) is 5.41 Å². The van der Waals surface area contributed by atoms with E-state index >= 15 is 0 Å². The van der Waals surface area contributed by atoms with Gasteiger partial charge in [0, 0.05) is 17.1 Å². The summed E-state index contributed by atoms with van der Waals surface area (Å²) in [4.78, 5) is 25.1. The maximum atomic E-state index is 13.7. The summed E-state index contributed by atoms with van der Waals surface area (Å²) in [6.45, 7) is 1.79. The van der Waals surface area contributed by atoms with Crippen molar-refractivity contribution in [1.82, 2.24) is 9.13 Å². The highest BCUT2D eigenvalue weighted by molar-refractivity contribution is 9.11. The summed E-state index contributed by atoms with van der Waals surface area (Å²) >= 11 is 12.9. The lowest BCUT2D eigenvalue weighted by atomic mass is 10.0. The Labute approximate surface area is 187 Å². The minimum atomic E-state index is -0.578. The molecule has 1 heterocycles. The second kappa shape index (κ2) is 8.41. The normalized spacial score (nSPS) is 11.1. The number of benzene rings is 2. The number of halogens is 4. The van der Waals surface area contributed by atoms with E-state index in [2.05, 4.69) is 31.9 Å². The Morgan fingerprint density at radius 2 is 1.97 bits per heavy atom. The fourth-order valence-electron chi connectivity index (χ4n) is 3.03. The average molecular weight is 548 g/mol. The fraction of sp³-hybridized carbons (Fsp3) is 0.211. The van der Waals surface area contributed by atoms with Gasteiger partial charge in [-0.15, -0.1) is 0 Å². The Balaban J connectivity index is 2.23. The number of carbonyl (C=O) groups excluding carboxylic acids is 2. The molecule has 0 unspecified atom stereocenters. The van der Waals surface area contributed by atoms with E-state index in [0.717, 1.165) is 6.07 Å². The summed E-state index contributed by atoms with van der Waals surface area (Å²) in [5.41, 5.74) is 1.37. The van der Waals surface area contributed by atoms with Gasteiger partial charge in [0.2, 0.25) is 5.62 Å². The van der Waals surface area contributed by atoms with Crippen molar-refractivity contribution >= 4 is 66.2 Å². The summed E-state index contributed by atoms with van der Waals surface area (Å²) in [6.07, 6.45) is 0. The predicted octanol–water partition coefficient (Wildman–Crippen LogP) is 4.57. The summed E-state index contributed by atoms with van der Waals surface area (Å²) < 4.78 is 22.5. The Morgan fingerprint density at radius 3 is 2.62 bits per heavy atom. The molecule has 0 atom stereocenters. The zero-order valence-corrected chi connectivity index (χ0v) is 19.3. The molecule has 2 aromatic carbocycles. The Kier molecular flexibility index (Phi) is 6.30. The maximum absolute atomic E-state index is 13.7. The fourth-order valence-corrected chi connectivity index (χ4v) is 4.96. The Bertz CT molecular complexity index is 1220. The highest BCUT2D eigenvalue weighted by Gasteiger charge is 2.25. The Morgan fingerprint density at radius 1 is 1.28 bits per heavy atom. The van der Waals surface area contributed by atoms with Gasteiger partial charge >= 0.3 is 5.97 Å². The number of carbonyl (C=O) groups is 2. The van der Waals surface area contributed by atoms with Crippen molar-refractivity contribution in [3.63, 3.8) is 0 Å². The Hall–Kier alpha value is -1.97. The zero-order chi connectivity index (χ0) is 21.5. The van der Waals surface area contributed by atoms with Crippen LogP contribution in [0.2, 0.25) is 5.02 Å². The minimum absolute atomic E-state index is 0.0205. The molecule has 1 aromatic heterocycles. The summed E-state index contributed by atoms with van der Waals surface area (Å²) in [5.74, 6) is -1.54. The quantitative estimate of drug-likeness (QED) is 0.376. The maximum Gasteiger partial charge on any atom is 0.326 e. The van der Waals surface area contributed by atoms with Gasteiger partial charge in [-0.05, 0) is 63.0 Å². The number of hydrogen-bond acceptors (Lipinski definition) is 4. The second-order valence-electron chi connectivity index (χ2n) is 6.14. The summed E-state index contributed by atoms with van der Waals surface area (Å²) in [7, 11) is 1.65. The SMILES string of the molecule is CCOC(=O)Cn1c(=N)n(C)c2c(Br)c(C(=O)c3cc(F)ccc3Cl)c(Br)cc21. The highest BCUT2D eigenvalue weighted by Crippen LogP contribution is 2.36. The van der Waals surface area contributed by atoms with Crippen LogP contribution in [-0.2, 0) is 23.1 Å². The monoisotopic (exact) mass is 545 g/mol. The van der Waals surface area contributed by atoms with Crippen LogP contribution < -0.4 is 5.62 Å². The van der Waals surface area contributed by atoms with E-state index in [1.165, 1.54) is 21.3 Å². The van der Waals surface area contributed by atoms with Crippen LogP contribution in [0.4, 0.5) is 4.39 Å². The smallest absolute Gasteiger partial charge is 0.326 e. The molecule has 0 radical (unpaired) electrons. The molecule has 3 aromatic rings. The van der Waals surface area contributed by atoms with Gasteiger partial charge in [0.05, 0.1) is 32.7 Å². The summed E-state index contributed by atoms with van der Waals surface area (Å²) in [5, 5.41) is 8.47. The first-order chi connectivity index (χ1) is 13.7. The number of aryl methyl sites for hydroxylation is 1. The third-order valence-corrected chi connectivity index (χ3v) is 6.09. The van der Waals surface area contributed by atoms with E-state index in [1.54, 1.807) is 20.0 Å². The number of hydrogen-bond donors (Lipinski definition) is 1. The van der Waals surface area contributed by atoms with Gasteiger partial charge in [0.1, 0.15) is 12.4 Å². The molecule has 29 heavy (non-hydrogen) atoms. The van der Waals surface area contributed by atoms with Crippen molar-refractivity contribution in [2.75, 3.05) is 6.61 Å². The molecule has 6 nitrogen and oxygen atoms in total. The van der Waals surface area contributed by atoms with Gasteiger partial charge in [-0.25, -0.2) is 4.39 Å². The van der Waals surface area contributed by atoms with Gasteiger partial charge < -0.3 is 9.30 Å². The number of ether oxygens (including phenoxy) is 1. The van der Waals surface area contributed by atoms with E-state index < -0.39 is 17.6 Å². The largest absolute Gasteiger partial charge is 0.465 e. The van der Waals surface area contributed by atoms with E-state index in [9.17, 15) is 14.0 Å². The van der Waals surface area contributed by atoms with E-state index in [-0.39, 0.29) is 34.9 Å². The lowest BCUT2D eigenvalue weighted by Gasteiger charge is -2.11. The van der Waals surface area contributed by atoms with Crippen molar-refractivity contribution in [2.24, 2.45) is 7.05 Å². The lowest BCUT2D eigenvalue weighted by Crippen LogP contribution is -2.26. The molecule has 10 heteroatoms. The number of nitrogens with zero attached hydrogens (tertiary/aromatic N) is 2. The van der Waals surface area contributed by atoms with Crippen LogP contribution in [0.15, 0.2) is 33.2 Å². The van der Waals surface area contributed by atoms with Gasteiger partial charge in [-0.3, -0.25) is 19.6 Å². The highest BCUT2D eigenvalue weighted by atomic mass is 79.9. The number of imidazole rings is 1. The van der Waals surface area contributed by atoms with Crippen molar-refractivity contribution in [2.45, 2.75) is 13.5 Å². The number of fused-ring (bicyclic) bond motifs is 1. The van der Waals surface area contributed by atoms with Gasteiger partial charge in [0.25, 0.3) is 0 Å².